The highest BCUT2D eigenvalue weighted by Crippen LogP contribution is 2.22. The Balaban J connectivity index is 1.94. The van der Waals surface area contributed by atoms with Gasteiger partial charge < -0.3 is 15.9 Å². The molecule has 2 rings (SSSR count). The number of carbonyl (C=O) groups excluding carboxylic acids is 2. The van der Waals surface area contributed by atoms with Gasteiger partial charge in [-0.25, -0.2) is 9.47 Å². The van der Waals surface area contributed by atoms with Crippen LogP contribution in [0.2, 0.25) is 0 Å². The van der Waals surface area contributed by atoms with Crippen LogP contribution in [0.1, 0.15) is 44.6 Å². The Morgan fingerprint density at radius 3 is 2.41 bits per heavy atom. The summed E-state index contributed by atoms with van der Waals surface area (Å²) in [4.78, 5) is 24.1. The van der Waals surface area contributed by atoms with Crippen LogP contribution < -0.4 is 21.2 Å². The first-order chi connectivity index (χ1) is 13.4. The predicted octanol–water partition coefficient (Wildman–Crippen LogP) is 2.29. The Hall–Kier alpha value is -2.75. The zero-order chi connectivity index (χ0) is 21.8. The van der Waals surface area contributed by atoms with Crippen LogP contribution in [0, 0.1) is 13.8 Å². The van der Waals surface area contributed by atoms with Crippen LogP contribution in [0.5, 0.6) is 5.75 Å². The van der Waals surface area contributed by atoms with Gasteiger partial charge in [0.25, 0.3) is 0 Å². The van der Waals surface area contributed by atoms with Crippen molar-refractivity contribution in [1.82, 2.24) is 25.5 Å². The summed E-state index contributed by atoms with van der Waals surface area (Å²) in [6.07, 6.45) is 0. The summed E-state index contributed by atoms with van der Waals surface area (Å²) >= 11 is 1.10. The second-order valence-corrected chi connectivity index (χ2v) is 9.14. The topological polar surface area (TPSA) is 124 Å². The van der Waals surface area contributed by atoms with Crippen molar-refractivity contribution in [1.29, 1.82) is 0 Å². The van der Waals surface area contributed by atoms with Crippen molar-refractivity contribution in [2.45, 2.75) is 64.1 Å². The number of urea groups is 1. The number of nitrogen functional groups attached to an aromatic ring is 1. The van der Waals surface area contributed by atoms with Crippen LogP contribution in [0.15, 0.2) is 23.4 Å². The monoisotopic (exact) mass is 420 g/mol. The number of benzene rings is 1. The number of nitrogens with two attached hydrogens (primary N) is 1. The normalized spacial score (nSPS) is 12.3. The Labute approximate surface area is 174 Å². The van der Waals surface area contributed by atoms with Crippen LogP contribution in [-0.4, -0.2) is 37.6 Å². The van der Waals surface area contributed by atoms with E-state index in [0.717, 1.165) is 28.6 Å². The third-order valence-electron chi connectivity index (χ3n) is 3.67. The molecular formula is C19H28N6O3S. The molecule has 1 heterocycles. The molecule has 10 heteroatoms. The second-order valence-electron chi connectivity index (χ2n) is 7.83. The lowest BCUT2D eigenvalue weighted by Crippen LogP contribution is -2.49. The van der Waals surface area contributed by atoms with Crippen molar-refractivity contribution in [3.63, 3.8) is 0 Å². The Bertz CT molecular complexity index is 870. The average molecular weight is 421 g/mol. The molecule has 0 aliphatic heterocycles. The summed E-state index contributed by atoms with van der Waals surface area (Å²) in [6.45, 7) is 11.3. The van der Waals surface area contributed by atoms with Crippen molar-refractivity contribution in [2.75, 3.05) is 5.84 Å². The third-order valence-corrected chi connectivity index (χ3v) is 4.73. The summed E-state index contributed by atoms with van der Waals surface area (Å²) in [5, 5.41) is 12.8. The maximum absolute atomic E-state index is 12.2. The molecule has 0 saturated carbocycles. The Morgan fingerprint density at radius 2 is 1.83 bits per heavy atom. The number of carbonyl (C=O) groups is 2. The molecule has 0 saturated heterocycles. The maximum Gasteiger partial charge on any atom is 0.321 e. The van der Waals surface area contributed by atoms with E-state index >= 15 is 0 Å². The highest BCUT2D eigenvalue weighted by Gasteiger charge is 2.22. The van der Waals surface area contributed by atoms with Gasteiger partial charge in [0.15, 0.2) is 5.82 Å². The van der Waals surface area contributed by atoms with E-state index in [4.69, 9.17) is 10.6 Å². The van der Waals surface area contributed by atoms with E-state index in [-0.39, 0.29) is 6.61 Å². The number of ether oxygens (including phenoxy) is 1. The van der Waals surface area contributed by atoms with Crippen LogP contribution in [-0.2, 0) is 11.4 Å². The fraction of sp³-hybridized carbons (Fsp3) is 0.474. The van der Waals surface area contributed by atoms with E-state index < -0.39 is 22.7 Å². The number of nitrogens with one attached hydrogen (secondary N) is 2. The van der Waals surface area contributed by atoms with Gasteiger partial charge in [-0.2, -0.15) is 0 Å². The van der Waals surface area contributed by atoms with Crippen LogP contribution in [0.4, 0.5) is 4.79 Å². The summed E-state index contributed by atoms with van der Waals surface area (Å²) in [6, 6.07) is 5.36. The quantitative estimate of drug-likeness (QED) is 0.484. The molecule has 1 aromatic heterocycles. The van der Waals surface area contributed by atoms with Gasteiger partial charge in [-0.1, -0.05) is 17.8 Å². The molecule has 1 aromatic carbocycles. The minimum Gasteiger partial charge on any atom is -0.486 e. The van der Waals surface area contributed by atoms with E-state index in [2.05, 4.69) is 26.9 Å². The van der Waals surface area contributed by atoms with Crippen molar-refractivity contribution in [3.8, 4) is 5.75 Å². The molecule has 1 atom stereocenters. The van der Waals surface area contributed by atoms with Crippen LogP contribution >= 0.6 is 11.8 Å². The summed E-state index contributed by atoms with van der Waals surface area (Å²) in [5.74, 6) is 6.73. The van der Waals surface area contributed by atoms with Crippen molar-refractivity contribution in [3.05, 3.63) is 35.2 Å². The zero-order valence-electron chi connectivity index (χ0n) is 17.6. The molecule has 1 unspecified atom stereocenters. The van der Waals surface area contributed by atoms with Crippen LogP contribution in [0.25, 0.3) is 0 Å². The van der Waals surface area contributed by atoms with Crippen molar-refractivity contribution >= 4 is 23.7 Å². The first-order valence-corrected chi connectivity index (χ1v) is 10.0. The van der Waals surface area contributed by atoms with Gasteiger partial charge in [0, 0.05) is 5.54 Å². The van der Waals surface area contributed by atoms with Gasteiger partial charge >= 0.3 is 6.03 Å². The summed E-state index contributed by atoms with van der Waals surface area (Å²) in [5.41, 5.74) is 1.75. The van der Waals surface area contributed by atoms with Gasteiger partial charge in [0.05, 0.1) is 5.25 Å². The molecular weight excluding hydrogens is 392 g/mol. The van der Waals surface area contributed by atoms with Crippen molar-refractivity contribution < 1.29 is 14.3 Å². The number of imide groups is 1. The SMILES string of the molecule is Cc1cc(C)cc(OCc2nnc(SC(C)C(=O)NC(=O)NC(C)(C)C)n2N)c1. The number of nitrogens with zero attached hydrogens (tertiary/aromatic N) is 3. The van der Waals surface area contributed by atoms with Gasteiger partial charge in [-0.05, 0) is 64.8 Å². The molecule has 0 radical (unpaired) electrons. The lowest BCUT2D eigenvalue weighted by atomic mass is 10.1. The minimum atomic E-state index is -0.597. The molecule has 4 N–H and O–H groups in total. The fourth-order valence-electron chi connectivity index (χ4n) is 2.45. The van der Waals surface area contributed by atoms with Gasteiger partial charge in [-0.15, -0.1) is 10.2 Å². The first kappa shape index (κ1) is 22.5. The summed E-state index contributed by atoms with van der Waals surface area (Å²) < 4.78 is 7.04. The third kappa shape index (κ3) is 6.97. The second kappa shape index (κ2) is 9.17. The number of rotatable bonds is 6. The van der Waals surface area contributed by atoms with Gasteiger partial charge in [-0.3, -0.25) is 10.1 Å². The number of aryl methyl sites for hydroxylation is 2. The van der Waals surface area contributed by atoms with E-state index in [9.17, 15) is 9.59 Å². The molecule has 0 fully saturated rings. The predicted molar refractivity (Wildman–Crippen MR) is 112 cm³/mol. The van der Waals surface area contributed by atoms with Gasteiger partial charge in [0.2, 0.25) is 11.1 Å². The number of hydrogen-bond acceptors (Lipinski definition) is 7. The van der Waals surface area contributed by atoms with E-state index in [1.54, 1.807) is 6.92 Å². The lowest BCUT2D eigenvalue weighted by molar-refractivity contribution is -0.119. The highest BCUT2D eigenvalue weighted by atomic mass is 32.2. The number of hydrogen-bond donors (Lipinski definition) is 3. The number of aromatic nitrogens is 3. The molecule has 9 nitrogen and oxygen atoms in total. The van der Waals surface area contributed by atoms with E-state index in [0.29, 0.717) is 11.0 Å². The maximum atomic E-state index is 12.2. The molecule has 0 spiro atoms. The number of amides is 3. The first-order valence-electron chi connectivity index (χ1n) is 9.15. The summed E-state index contributed by atoms with van der Waals surface area (Å²) in [7, 11) is 0. The molecule has 0 bridgehead atoms. The lowest BCUT2D eigenvalue weighted by Gasteiger charge is -2.21. The van der Waals surface area contributed by atoms with E-state index in [1.165, 1.54) is 4.68 Å². The van der Waals surface area contributed by atoms with E-state index in [1.807, 2.05) is 46.8 Å². The number of thioether (sulfide) groups is 1. The largest absolute Gasteiger partial charge is 0.486 e. The molecule has 0 aliphatic carbocycles. The molecule has 0 aliphatic rings. The molecule has 3 amide bonds. The average Bonchev–Trinajstić information content (AvgIpc) is 2.90. The zero-order valence-corrected chi connectivity index (χ0v) is 18.4. The standard InChI is InChI=1S/C19H28N6O3S/c1-11-7-12(2)9-14(8-11)28-10-15-23-24-18(25(15)20)29-13(3)16(26)21-17(27)22-19(4,5)6/h7-9,13H,10,20H2,1-6H3,(H2,21,22,26,27). The molecule has 29 heavy (non-hydrogen) atoms. The van der Waals surface area contributed by atoms with Crippen molar-refractivity contribution in [2.24, 2.45) is 0 Å². The Morgan fingerprint density at radius 1 is 1.21 bits per heavy atom. The minimum absolute atomic E-state index is 0.140. The smallest absolute Gasteiger partial charge is 0.321 e. The fourth-order valence-corrected chi connectivity index (χ4v) is 3.24. The van der Waals surface area contributed by atoms with Gasteiger partial charge in [0.1, 0.15) is 12.4 Å². The van der Waals surface area contributed by atoms with Crippen LogP contribution in [0.3, 0.4) is 0 Å². The highest BCUT2D eigenvalue weighted by molar-refractivity contribution is 8.00. The molecule has 158 valence electrons. The Kier molecular flexibility index (Phi) is 7.12. The molecule has 2 aromatic rings.